The second-order valence-corrected chi connectivity index (χ2v) is 6.08. The molecule has 1 aromatic heterocycles. The van der Waals surface area contributed by atoms with Crippen LogP contribution in [0.15, 0.2) is 67.0 Å². The van der Waals surface area contributed by atoms with Gasteiger partial charge in [-0.25, -0.2) is 4.68 Å². The van der Waals surface area contributed by atoms with Crippen LogP contribution in [0.3, 0.4) is 0 Å². The number of anilines is 1. The molecule has 0 aliphatic carbocycles. The van der Waals surface area contributed by atoms with Gasteiger partial charge in [-0.1, -0.05) is 30.3 Å². The van der Waals surface area contributed by atoms with Gasteiger partial charge in [-0.15, -0.1) is 0 Å². The lowest BCUT2D eigenvalue weighted by molar-refractivity contribution is -0.116. The molecule has 144 valence electrons. The Kier molecular flexibility index (Phi) is 6.06. The normalized spacial score (nSPS) is 10.4. The summed E-state index contributed by atoms with van der Waals surface area (Å²) in [4.78, 5) is 26.7. The average molecular weight is 378 g/mol. The summed E-state index contributed by atoms with van der Waals surface area (Å²) in [6.45, 7) is 2.16. The SMILES string of the molecule is CCN(CC(=O)Nc1ccccc1OC)C(=O)c1cnn(-c2ccccc2)c1. The van der Waals surface area contributed by atoms with Crippen molar-refractivity contribution in [2.45, 2.75) is 6.92 Å². The molecule has 0 bridgehead atoms. The predicted octanol–water partition coefficient (Wildman–Crippen LogP) is 2.98. The number of amides is 2. The molecule has 1 heterocycles. The van der Waals surface area contributed by atoms with Crippen molar-refractivity contribution in [1.29, 1.82) is 0 Å². The molecular weight excluding hydrogens is 356 g/mol. The van der Waals surface area contributed by atoms with Crippen LogP contribution in [0.5, 0.6) is 5.75 Å². The van der Waals surface area contributed by atoms with Crippen molar-refractivity contribution in [2.24, 2.45) is 0 Å². The van der Waals surface area contributed by atoms with Crippen LogP contribution in [0.2, 0.25) is 0 Å². The fraction of sp³-hybridized carbons (Fsp3) is 0.190. The minimum atomic E-state index is -0.296. The molecule has 0 aliphatic heterocycles. The Balaban J connectivity index is 1.68. The topological polar surface area (TPSA) is 76.5 Å². The van der Waals surface area contributed by atoms with E-state index in [1.165, 1.54) is 18.2 Å². The highest BCUT2D eigenvalue weighted by Crippen LogP contribution is 2.22. The zero-order valence-corrected chi connectivity index (χ0v) is 15.8. The Hall–Kier alpha value is -3.61. The maximum Gasteiger partial charge on any atom is 0.257 e. The van der Waals surface area contributed by atoms with Gasteiger partial charge in [0.25, 0.3) is 5.91 Å². The molecule has 0 fully saturated rings. The first-order valence-corrected chi connectivity index (χ1v) is 8.94. The molecule has 1 N–H and O–H groups in total. The van der Waals surface area contributed by atoms with Gasteiger partial charge in [0.1, 0.15) is 12.3 Å². The molecule has 0 saturated heterocycles. The quantitative estimate of drug-likeness (QED) is 0.686. The van der Waals surface area contributed by atoms with Gasteiger partial charge in [-0.05, 0) is 31.2 Å². The van der Waals surface area contributed by atoms with E-state index in [9.17, 15) is 9.59 Å². The van der Waals surface area contributed by atoms with Gasteiger partial charge in [-0.3, -0.25) is 9.59 Å². The lowest BCUT2D eigenvalue weighted by atomic mass is 10.2. The third-order valence-corrected chi connectivity index (χ3v) is 4.23. The lowest BCUT2D eigenvalue weighted by Crippen LogP contribution is -2.37. The van der Waals surface area contributed by atoms with Gasteiger partial charge in [0.2, 0.25) is 5.91 Å². The van der Waals surface area contributed by atoms with Crippen molar-refractivity contribution < 1.29 is 14.3 Å². The third kappa shape index (κ3) is 4.37. The first-order valence-electron chi connectivity index (χ1n) is 8.94. The molecule has 2 aromatic carbocycles. The minimum absolute atomic E-state index is 0.0656. The Morgan fingerprint density at radius 2 is 1.82 bits per heavy atom. The monoisotopic (exact) mass is 378 g/mol. The number of ether oxygens (including phenoxy) is 1. The molecule has 2 amide bonds. The van der Waals surface area contributed by atoms with Crippen LogP contribution in [-0.2, 0) is 4.79 Å². The number of carbonyl (C=O) groups excluding carboxylic acids is 2. The number of para-hydroxylation sites is 3. The highest BCUT2D eigenvalue weighted by atomic mass is 16.5. The molecule has 0 atom stereocenters. The van der Waals surface area contributed by atoms with Crippen LogP contribution in [-0.4, -0.2) is 46.7 Å². The van der Waals surface area contributed by atoms with E-state index in [4.69, 9.17) is 4.74 Å². The van der Waals surface area contributed by atoms with Crippen LogP contribution in [0.1, 0.15) is 17.3 Å². The van der Waals surface area contributed by atoms with Crippen molar-refractivity contribution >= 4 is 17.5 Å². The summed E-state index contributed by atoms with van der Waals surface area (Å²) in [5.74, 6) is 0.0179. The molecule has 0 unspecified atom stereocenters. The van der Waals surface area contributed by atoms with Crippen LogP contribution in [0, 0.1) is 0 Å². The number of nitrogens with one attached hydrogen (secondary N) is 1. The Morgan fingerprint density at radius 3 is 2.54 bits per heavy atom. The second-order valence-electron chi connectivity index (χ2n) is 6.08. The third-order valence-electron chi connectivity index (χ3n) is 4.23. The summed E-state index contributed by atoms with van der Waals surface area (Å²) in [6.07, 6.45) is 3.18. The fourth-order valence-electron chi connectivity index (χ4n) is 2.78. The first-order chi connectivity index (χ1) is 13.6. The standard InChI is InChI=1S/C21H22N4O3/c1-3-24(15-20(26)23-18-11-7-8-12-19(18)28-2)21(27)16-13-22-25(14-16)17-9-5-4-6-10-17/h4-14H,3,15H2,1-2H3,(H,23,26). The summed E-state index contributed by atoms with van der Waals surface area (Å²) in [7, 11) is 1.54. The number of aromatic nitrogens is 2. The number of methoxy groups -OCH3 is 1. The van der Waals surface area contributed by atoms with Crippen molar-refractivity contribution in [2.75, 3.05) is 25.5 Å². The van der Waals surface area contributed by atoms with Gasteiger partial charge < -0.3 is 15.0 Å². The van der Waals surface area contributed by atoms with Crippen LogP contribution < -0.4 is 10.1 Å². The predicted molar refractivity (Wildman–Crippen MR) is 107 cm³/mol. The molecule has 7 heteroatoms. The average Bonchev–Trinajstić information content (AvgIpc) is 3.23. The van der Waals surface area contributed by atoms with E-state index in [0.717, 1.165) is 5.69 Å². The van der Waals surface area contributed by atoms with Gasteiger partial charge in [-0.2, -0.15) is 5.10 Å². The van der Waals surface area contributed by atoms with Gasteiger partial charge in [0, 0.05) is 12.7 Å². The summed E-state index contributed by atoms with van der Waals surface area (Å²) in [5.41, 5.74) is 1.85. The van der Waals surface area contributed by atoms with Gasteiger partial charge in [0.15, 0.2) is 0 Å². The van der Waals surface area contributed by atoms with Gasteiger partial charge in [0.05, 0.1) is 30.2 Å². The van der Waals surface area contributed by atoms with Crippen molar-refractivity contribution in [3.05, 3.63) is 72.6 Å². The van der Waals surface area contributed by atoms with Crippen LogP contribution in [0.25, 0.3) is 5.69 Å². The highest BCUT2D eigenvalue weighted by Gasteiger charge is 2.19. The van der Waals surface area contributed by atoms with Crippen molar-refractivity contribution in [3.63, 3.8) is 0 Å². The summed E-state index contributed by atoms with van der Waals surface area (Å²) >= 11 is 0. The summed E-state index contributed by atoms with van der Waals surface area (Å²) in [6, 6.07) is 16.7. The maximum atomic E-state index is 12.8. The van der Waals surface area contributed by atoms with E-state index in [-0.39, 0.29) is 18.4 Å². The molecule has 7 nitrogen and oxygen atoms in total. The minimum Gasteiger partial charge on any atom is -0.495 e. The highest BCUT2D eigenvalue weighted by molar-refractivity contribution is 5.99. The fourth-order valence-corrected chi connectivity index (χ4v) is 2.78. The van der Waals surface area contributed by atoms with E-state index in [0.29, 0.717) is 23.5 Å². The van der Waals surface area contributed by atoms with Crippen molar-refractivity contribution in [1.82, 2.24) is 14.7 Å². The molecular formula is C21H22N4O3. The number of hydrogen-bond donors (Lipinski definition) is 1. The van der Waals surface area contributed by atoms with Crippen LogP contribution >= 0.6 is 0 Å². The van der Waals surface area contributed by atoms with E-state index in [1.807, 2.05) is 43.3 Å². The molecule has 0 aliphatic rings. The smallest absolute Gasteiger partial charge is 0.257 e. The molecule has 3 rings (SSSR count). The molecule has 3 aromatic rings. The first kappa shape index (κ1) is 19.2. The van der Waals surface area contributed by atoms with E-state index >= 15 is 0 Å². The Morgan fingerprint density at radius 1 is 1.11 bits per heavy atom. The molecule has 0 spiro atoms. The number of rotatable bonds is 7. The number of nitrogens with zero attached hydrogens (tertiary/aromatic N) is 3. The number of carbonyl (C=O) groups is 2. The molecule has 0 radical (unpaired) electrons. The van der Waals surface area contributed by atoms with Gasteiger partial charge >= 0.3 is 0 Å². The zero-order valence-electron chi connectivity index (χ0n) is 15.8. The largest absolute Gasteiger partial charge is 0.495 e. The number of benzene rings is 2. The van der Waals surface area contributed by atoms with Crippen LogP contribution in [0.4, 0.5) is 5.69 Å². The Labute approximate surface area is 163 Å². The van der Waals surface area contributed by atoms with E-state index in [2.05, 4.69) is 10.4 Å². The molecule has 28 heavy (non-hydrogen) atoms. The second kappa shape index (κ2) is 8.85. The zero-order chi connectivity index (χ0) is 19.9. The molecule has 0 saturated carbocycles. The Bertz CT molecular complexity index is 953. The lowest BCUT2D eigenvalue weighted by Gasteiger charge is -2.20. The maximum absolute atomic E-state index is 12.8. The van der Waals surface area contributed by atoms with E-state index < -0.39 is 0 Å². The number of likely N-dealkylation sites (N-methyl/N-ethyl adjacent to an activating group) is 1. The summed E-state index contributed by atoms with van der Waals surface area (Å²) < 4.78 is 6.87. The van der Waals surface area contributed by atoms with Crippen molar-refractivity contribution in [3.8, 4) is 11.4 Å². The van der Waals surface area contributed by atoms with E-state index in [1.54, 1.807) is 29.1 Å². The number of hydrogen-bond acceptors (Lipinski definition) is 4. The summed E-state index contributed by atoms with van der Waals surface area (Å²) in [5, 5.41) is 7.03.